The fraction of sp³-hybridized carbons (Fsp3) is 0.188. The first-order chi connectivity index (χ1) is 18.9. The lowest BCUT2D eigenvalue weighted by atomic mass is 10.0. The maximum atomic E-state index is 13.8. The van der Waals surface area contributed by atoms with Gasteiger partial charge in [0.15, 0.2) is 0 Å². The summed E-state index contributed by atoms with van der Waals surface area (Å²) in [4.78, 5) is 29.2. The highest BCUT2D eigenvalue weighted by molar-refractivity contribution is 6.30. The van der Waals surface area contributed by atoms with Crippen LogP contribution in [0.3, 0.4) is 0 Å². The highest BCUT2D eigenvalue weighted by Crippen LogP contribution is 2.19. The SMILES string of the molecule is COc1ccc(CNC(=O)[C@H](Cc2ccccc2)N(Cc2ccc(Cl)cc2)C(=O)Cc2ccc(Cl)cc2)cc1. The van der Waals surface area contributed by atoms with E-state index >= 15 is 0 Å². The average Bonchev–Trinajstić information content (AvgIpc) is 2.96. The molecule has 0 aliphatic heterocycles. The first kappa shape index (κ1) is 28.2. The number of benzene rings is 4. The van der Waals surface area contributed by atoms with Gasteiger partial charge >= 0.3 is 0 Å². The van der Waals surface area contributed by atoms with Crippen LogP contribution in [0.4, 0.5) is 0 Å². The summed E-state index contributed by atoms with van der Waals surface area (Å²) >= 11 is 12.2. The molecule has 0 unspecified atom stereocenters. The largest absolute Gasteiger partial charge is 0.497 e. The number of ether oxygens (including phenoxy) is 1. The number of nitrogens with zero attached hydrogens (tertiary/aromatic N) is 1. The topological polar surface area (TPSA) is 58.6 Å². The molecule has 0 fully saturated rings. The third kappa shape index (κ3) is 8.34. The van der Waals surface area contributed by atoms with Gasteiger partial charge in [0.25, 0.3) is 0 Å². The minimum Gasteiger partial charge on any atom is -0.497 e. The monoisotopic (exact) mass is 560 g/mol. The van der Waals surface area contributed by atoms with Gasteiger partial charge in [-0.2, -0.15) is 0 Å². The molecule has 0 spiro atoms. The first-order valence-electron chi connectivity index (χ1n) is 12.6. The molecule has 2 amide bonds. The lowest BCUT2D eigenvalue weighted by Gasteiger charge is -2.32. The average molecular weight is 562 g/mol. The van der Waals surface area contributed by atoms with Crippen molar-refractivity contribution in [3.63, 3.8) is 0 Å². The molecule has 0 aliphatic rings. The molecule has 0 aromatic heterocycles. The van der Waals surface area contributed by atoms with Crippen molar-refractivity contribution < 1.29 is 14.3 Å². The van der Waals surface area contributed by atoms with E-state index in [4.69, 9.17) is 27.9 Å². The summed E-state index contributed by atoms with van der Waals surface area (Å²) in [7, 11) is 1.61. The number of halogens is 2. The van der Waals surface area contributed by atoms with Gasteiger partial charge < -0.3 is 15.0 Å². The van der Waals surface area contributed by atoms with Crippen molar-refractivity contribution in [3.8, 4) is 5.75 Å². The molecule has 0 saturated heterocycles. The van der Waals surface area contributed by atoms with Gasteiger partial charge in [-0.1, -0.05) is 89.9 Å². The zero-order valence-corrected chi connectivity index (χ0v) is 23.2. The quantitative estimate of drug-likeness (QED) is 0.228. The molecule has 1 atom stereocenters. The van der Waals surface area contributed by atoms with E-state index in [-0.39, 0.29) is 24.8 Å². The zero-order valence-electron chi connectivity index (χ0n) is 21.6. The molecule has 4 aromatic rings. The Kier molecular flexibility index (Phi) is 10.0. The Labute approximate surface area is 239 Å². The number of amides is 2. The molecule has 7 heteroatoms. The van der Waals surface area contributed by atoms with Crippen molar-refractivity contribution in [2.75, 3.05) is 7.11 Å². The van der Waals surface area contributed by atoms with Gasteiger partial charge in [-0.25, -0.2) is 0 Å². The van der Waals surface area contributed by atoms with E-state index in [9.17, 15) is 9.59 Å². The molecule has 4 aromatic carbocycles. The van der Waals surface area contributed by atoms with E-state index in [0.29, 0.717) is 23.0 Å². The summed E-state index contributed by atoms with van der Waals surface area (Å²) < 4.78 is 5.23. The van der Waals surface area contributed by atoms with Crippen molar-refractivity contribution in [2.45, 2.75) is 32.0 Å². The van der Waals surface area contributed by atoms with Crippen molar-refractivity contribution in [2.24, 2.45) is 0 Å². The van der Waals surface area contributed by atoms with Crippen molar-refractivity contribution in [1.82, 2.24) is 10.2 Å². The predicted molar refractivity (Wildman–Crippen MR) is 156 cm³/mol. The molecule has 0 aliphatic carbocycles. The summed E-state index contributed by atoms with van der Waals surface area (Å²) in [6.45, 7) is 0.589. The Hall–Kier alpha value is -3.80. The van der Waals surface area contributed by atoms with Crippen LogP contribution in [0.2, 0.25) is 10.0 Å². The zero-order chi connectivity index (χ0) is 27.6. The standard InChI is InChI=1S/C32H30Cl2N2O3/c1-39-29-17-11-25(12-18-29)21-35-32(38)30(19-23-5-3-2-4-6-23)36(22-26-9-15-28(34)16-10-26)31(37)20-24-7-13-27(33)14-8-24/h2-18,30H,19-22H2,1H3,(H,35,38)/t30-/m0/s1. The maximum absolute atomic E-state index is 13.8. The highest BCUT2D eigenvalue weighted by atomic mass is 35.5. The van der Waals surface area contributed by atoms with Crippen LogP contribution in [0, 0.1) is 0 Å². The van der Waals surface area contributed by atoms with Gasteiger partial charge in [-0.3, -0.25) is 9.59 Å². The molecule has 39 heavy (non-hydrogen) atoms. The molecular weight excluding hydrogens is 531 g/mol. The third-order valence-corrected chi connectivity index (χ3v) is 6.94. The summed E-state index contributed by atoms with van der Waals surface area (Å²) in [6.07, 6.45) is 0.511. The van der Waals surface area contributed by atoms with Gasteiger partial charge in [0.2, 0.25) is 11.8 Å². The van der Waals surface area contributed by atoms with Crippen LogP contribution in [0.25, 0.3) is 0 Å². The molecular formula is C32H30Cl2N2O3. The van der Waals surface area contributed by atoms with Crippen LogP contribution in [0.5, 0.6) is 5.75 Å². The highest BCUT2D eigenvalue weighted by Gasteiger charge is 2.30. The number of hydrogen-bond donors (Lipinski definition) is 1. The van der Waals surface area contributed by atoms with E-state index in [0.717, 1.165) is 28.0 Å². The number of nitrogens with one attached hydrogen (secondary N) is 1. The summed E-state index contributed by atoms with van der Waals surface area (Å²) in [5.41, 5.74) is 3.59. The van der Waals surface area contributed by atoms with E-state index in [2.05, 4.69) is 5.32 Å². The van der Waals surface area contributed by atoms with Gasteiger partial charge in [0.05, 0.1) is 13.5 Å². The molecule has 0 bridgehead atoms. The van der Waals surface area contributed by atoms with Crippen LogP contribution in [0.15, 0.2) is 103 Å². The van der Waals surface area contributed by atoms with E-state index in [1.54, 1.807) is 36.3 Å². The summed E-state index contributed by atoms with van der Waals surface area (Å²) in [5, 5.41) is 4.25. The molecule has 0 saturated carbocycles. The maximum Gasteiger partial charge on any atom is 0.243 e. The fourth-order valence-corrected chi connectivity index (χ4v) is 4.52. The van der Waals surface area contributed by atoms with Gasteiger partial charge in [-0.05, 0) is 58.7 Å². The molecule has 200 valence electrons. The minimum absolute atomic E-state index is 0.141. The second-order valence-corrected chi connectivity index (χ2v) is 10.1. The number of carbonyl (C=O) groups is 2. The van der Waals surface area contributed by atoms with Crippen molar-refractivity contribution in [1.29, 1.82) is 0 Å². The van der Waals surface area contributed by atoms with Crippen LogP contribution in [0.1, 0.15) is 22.3 Å². The lowest BCUT2D eigenvalue weighted by Crippen LogP contribution is -2.50. The first-order valence-corrected chi connectivity index (χ1v) is 13.4. The Bertz CT molecular complexity index is 1360. The van der Waals surface area contributed by atoms with Crippen LogP contribution < -0.4 is 10.1 Å². The van der Waals surface area contributed by atoms with Gasteiger partial charge in [0, 0.05) is 29.6 Å². The summed E-state index contributed by atoms with van der Waals surface area (Å²) in [5.74, 6) is 0.356. The van der Waals surface area contributed by atoms with E-state index in [1.807, 2.05) is 78.9 Å². The Morgan fingerprint density at radius 2 is 1.31 bits per heavy atom. The fourth-order valence-electron chi connectivity index (χ4n) is 4.27. The lowest BCUT2D eigenvalue weighted by molar-refractivity contribution is -0.140. The van der Waals surface area contributed by atoms with E-state index < -0.39 is 6.04 Å². The molecule has 0 radical (unpaired) electrons. The molecule has 1 N–H and O–H groups in total. The predicted octanol–water partition coefficient (Wildman–Crippen LogP) is 6.50. The smallest absolute Gasteiger partial charge is 0.243 e. The minimum atomic E-state index is -0.735. The molecule has 4 rings (SSSR count). The van der Waals surface area contributed by atoms with Crippen molar-refractivity contribution >= 4 is 35.0 Å². The molecule has 0 heterocycles. The van der Waals surface area contributed by atoms with Crippen molar-refractivity contribution in [3.05, 3.63) is 135 Å². The summed E-state index contributed by atoms with van der Waals surface area (Å²) in [6, 6.07) is 31.0. The van der Waals surface area contributed by atoms with Gasteiger partial charge in [-0.15, -0.1) is 0 Å². The second-order valence-electron chi connectivity index (χ2n) is 9.22. The number of rotatable bonds is 11. The van der Waals surface area contributed by atoms with Crippen LogP contribution in [-0.2, 0) is 35.5 Å². The number of hydrogen-bond acceptors (Lipinski definition) is 3. The Balaban J connectivity index is 1.62. The Morgan fingerprint density at radius 3 is 1.90 bits per heavy atom. The second kappa shape index (κ2) is 13.8. The van der Waals surface area contributed by atoms with Crippen LogP contribution >= 0.6 is 23.2 Å². The normalized spacial score (nSPS) is 11.5. The van der Waals surface area contributed by atoms with E-state index in [1.165, 1.54) is 0 Å². The number of carbonyl (C=O) groups excluding carboxylic acids is 2. The third-order valence-electron chi connectivity index (χ3n) is 6.43. The van der Waals surface area contributed by atoms with Gasteiger partial charge in [0.1, 0.15) is 11.8 Å². The van der Waals surface area contributed by atoms with Crippen LogP contribution in [-0.4, -0.2) is 29.9 Å². The Morgan fingerprint density at radius 1 is 0.744 bits per heavy atom. The number of methoxy groups -OCH3 is 1. The molecule has 5 nitrogen and oxygen atoms in total.